The van der Waals surface area contributed by atoms with Gasteiger partial charge in [0.1, 0.15) is 0 Å². The van der Waals surface area contributed by atoms with E-state index in [0.29, 0.717) is 0 Å². The number of aryl methyl sites for hydroxylation is 1. The molecule has 1 N–H and O–H groups in total. The summed E-state index contributed by atoms with van der Waals surface area (Å²) in [4.78, 5) is 15.1. The monoisotopic (exact) mass is 251 g/mol. The molecule has 5 nitrogen and oxygen atoms in total. The Hall–Kier alpha value is -1.33. The highest BCUT2D eigenvalue weighted by Crippen LogP contribution is 2.09. The van der Waals surface area contributed by atoms with Crippen molar-refractivity contribution in [1.82, 2.24) is 14.4 Å². The molecule has 0 unspecified atom stereocenters. The number of carboxylic acids is 1. The van der Waals surface area contributed by atoms with Crippen LogP contribution in [0, 0.1) is 0 Å². The summed E-state index contributed by atoms with van der Waals surface area (Å²) >= 11 is 0. The minimum absolute atomic E-state index is 0.166. The molecular weight excluding hydrogens is 230 g/mol. The van der Waals surface area contributed by atoms with E-state index in [9.17, 15) is 4.79 Å². The maximum Gasteiger partial charge on any atom is 0.317 e. The van der Waals surface area contributed by atoms with Gasteiger partial charge in [0, 0.05) is 45.6 Å². The van der Waals surface area contributed by atoms with Crippen molar-refractivity contribution in [2.45, 2.75) is 13.0 Å². The molecule has 1 aliphatic heterocycles. The Labute approximate surface area is 108 Å². The zero-order chi connectivity index (χ0) is 13.0. The molecule has 5 heteroatoms. The van der Waals surface area contributed by atoms with Gasteiger partial charge in [-0.25, -0.2) is 0 Å². The van der Waals surface area contributed by atoms with E-state index in [2.05, 4.69) is 27.9 Å². The molecule has 100 valence electrons. The third kappa shape index (κ3) is 3.85. The smallest absolute Gasteiger partial charge is 0.317 e. The highest BCUT2D eigenvalue weighted by atomic mass is 16.4. The summed E-state index contributed by atoms with van der Waals surface area (Å²) in [6, 6.07) is 2.14. The second kappa shape index (κ2) is 6.02. The molecule has 1 fully saturated rings. The van der Waals surface area contributed by atoms with Crippen molar-refractivity contribution >= 4 is 5.97 Å². The lowest BCUT2D eigenvalue weighted by molar-refractivity contribution is -0.138. The fraction of sp³-hybridized carbons (Fsp3) is 0.615. The molecule has 2 heterocycles. The van der Waals surface area contributed by atoms with Crippen molar-refractivity contribution in [3.63, 3.8) is 0 Å². The Bertz CT molecular complexity index is 403. The first-order valence-electron chi connectivity index (χ1n) is 6.41. The Morgan fingerprint density at radius 1 is 1.28 bits per heavy atom. The molecule has 0 bridgehead atoms. The van der Waals surface area contributed by atoms with Crippen molar-refractivity contribution in [2.75, 3.05) is 32.7 Å². The molecular formula is C13H21N3O2. The number of rotatable bonds is 4. The normalized spacial score (nSPS) is 18.7. The molecule has 18 heavy (non-hydrogen) atoms. The van der Waals surface area contributed by atoms with Crippen molar-refractivity contribution in [3.8, 4) is 0 Å². The summed E-state index contributed by atoms with van der Waals surface area (Å²) in [5.41, 5.74) is 1.32. The lowest BCUT2D eigenvalue weighted by Gasteiger charge is -2.20. The maximum absolute atomic E-state index is 10.7. The van der Waals surface area contributed by atoms with E-state index in [0.717, 1.165) is 39.1 Å². The maximum atomic E-state index is 10.7. The fourth-order valence-electron chi connectivity index (χ4n) is 2.44. The summed E-state index contributed by atoms with van der Waals surface area (Å²) in [5.74, 6) is -0.730. The van der Waals surface area contributed by atoms with Gasteiger partial charge in [-0.1, -0.05) is 0 Å². The van der Waals surface area contributed by atoms with Gasteiger partial charge in [-0.2, -0.15) is 0 Å². The van der Waals surface area contributed by atoms with Gasteiger partial charge >= 0.3 is 5.97 Å². The van der Waals surface area contributed by atoms with E-state index in [-0.39, 0.29) is 6.54 Å². The number of hydrogen-bond donors (Lipinski definition) is 1. The predicted octanol–water partition coefficient (Wildman–Crippen LogP) is 0.617. The van der Waals surface area contributed by atoms with Crippen molar-refractivity contribution in [2.24, 2.45) is 7.05 Å². The van der Waals surface area contributed by atoms with Gasteiger partial charge in [0.15, 0.2) is 0 Å². The van der Waals surface area contributed by atoms with Crippen LogP contribution in [0.5, 0.6) is 0 Å². The minimum Gasteiger partial charge on any atom is -0.480 e. The van der Waals surface area contributed by atoms with Gasteiger partial charge in [0.25, 0.3) is 0 Å². The van der Waals surface area contributed by atoms with E-state index in [1.807, 2.05) is 11.9 Å². The van der Waals surface area contributed by atoms with Crippen LogP contribution in [0.1, 0.15) is 12.0 Å². The molecule has 1 aromatic rings. The number of nitrogens with zero attached hydrogens (tertiary/aromatic N) is 3. The summed E-state index contributed by atoms with van der Waals surface area (Å²) in [5, 5.41) is 8.80. The van der Waals surface area contributed by atoms with E-state index in [1.54, 1.807) is 0 Å². The highest BCUT2D eigenvalue weighted by Gasteiger charge is 2.16. The Balaban J connectivity index is 1.83. The van der Waals surface area contributed by atoms with Crippen LogP contribution in [0.2, 0.25) is 0 Å². The number of carbonyl (C=O) groups is 1. The molecule has 0 spiro atoms. The SMILES string of the molecule is Cn1ccc(CN2CCCN(CC(=O)O)CC2)c1. The van der Waals surface area contributed by atoms with Crippen LogP contribution in [-0.2, 0) is 18.4 Å². The standard InChI is InChI=1S/C13H21N3O2/c1-14-6-3-12(9-14)10-15-4-2-5-16(8-7-15)11-13(17)18/h3,6,9H,2,4-5,7-8,10-11H2,1H3,(H,17,18). The van der Waals surface area contributed by atoms with Crippen LogP contribution >= 0.6 is 0 Å². The number of aliphatic carboxylic acids is 1. The van der Waals surface area contributed by atoms with E-state index in [1.165, 1.54) is 5.56 Å². The second-order valence-electron chi connectivity index (χ2n) is 4.98. The number of aromatic nitrogens is 1. The molecule has 1 aliphatic rings. The zero-order valence-corrected chi connectivity index (χ0v) is 10.9. The molecule has 0 aromatic carbocycles. The minimum atomic E-state index is -0.730. The predicted molar refractivity (Wildman–Crippen MR) is 69.4 cm³/mol. The lowest BCUT2D eigenvalue weighted by Crippen LogP contribution is -2.33. The van der Waals surface area contributed by atoms with Crippen LogP contribution < -0.4 is 0 Å². The van der Waals surface area contributed by atoms with Gasteiger partial charge in [0.2, 0.25) is 0 Å². The van der Waals surface area contributed by atoms with E-state index < -0.39 is 5.97 Å². The average molecular weight is 251 g/mol. The molecule has 0 radical (unpaired) electrons. The number of hydrogen-bond acceptors (Lipinski definition) is 3. The van der Waals surface area contributed by atoms with Crippen LogP contribution in [0.4, 0.5) is 0 Å². The summed E-state index contributed by atoms with van der Waals surface area (Å²) < 4.78 is 2.06. The van der Waals surface area contributed by atoms with Crippen molar-refractivity contribution < 1.29 is 9.90 Å². The first-order valence-corrected chi connectivity index (χ1v) is 6.41. The number of carboxylic acid groups (broad SMARTS) is 1. The third-order valence-electron chi connectivity index (χ3n) is 3.34. The van der Waals surface area contributed by atoms with Gasteiger partial charge in [0.05, 0.1) is 6.54 Å². The molecule has 0 aliphatic carbocycles. The molecule has 1 aromatic heterocycles. The third-order valence-corrected chi connectivity index (χ3v) is 3.34. The molecule has 0 amide bonds. The van der Waals surface area contributed by atoms with E-state index in [4.69, 9.17) is 5.11 Å². The summed E-state index contributed by atoms with van der Waals surface area (Å²) in [6.07, 6.45) is 5.24. The van der Waals surface area contributed by atoms with Crippen molar-refractivity contribution in [3.05, 3.63) is 24.0 Å². The topological polar surface area (TPSA) is 48.7 Å². The quantitative estimate of drug-likeness (QED) is 0.852. The first kappa shape index (κ1) is 13.1. The van der Waals surface area contributed by atoms with Crippen LogP contribution in [-0.4, -0.2) is 58.2 Å². The lowest BCUT2D eigenvalue weighted by atomic mass is 10.3. The van der Waals surface area contributed by atoms with Crippen LogP contribution in [0.15, 0.2) is 18.5 Å². The fourth-order valence-corrected chi connectivity index (χ4v) is 2.44. The second-order valence-corrected chi connectivity index (χ2v) is 4.98. The largest absolute Gasteiger partial charge is 0.480 e. The molecule has 1 saturated heterocycles. The van der Waals surface area contributed by atoms with Gasteiger partial charge in [-0.3, -0.25) is 14.6 Å². The van der Waals surface area contributed by atoms with Gasteiger partial charge in [-0.15, -0.1) is 0 Å². The zero-order valence-electron chi connectivity index (χ0n) is 10.9. The van der Waals surface area contributed by atoms with Gasteiger partial charge in [-0.05, 0) is 24.6 Å². The molecule has 0 atom stereocenters. The Morgan fingerprint density at radius 2 is 2.00 bits per heavy atom. The average Bonchev–Trinajstić information content (AvgIpc) is 2.57. The molecule has 0 saturated carbocycles. The van der Waals surface area contributed by atoms with E-state index >= 15 is 0 Å². The summed E-state index contributed by atoms with van der Waals surface area (Å²) in [7, 11) is 2.03. The Kier molecular flexibility index (Phi) is 4.38. The van der Waals surface area contributed by atoms with Crippen molar-refractivity contribution in [1.29, 1.82) is 0 Å². The Morgan fingerprint density at radius 3 is 2.67 bits per heavy atom. The van der Waals surface area contributed by atoms with Crippen LogP contribution in [0.3, 0.4) is 0 Å². The van der Waals surface area contributed by atoms with Gasteiger partial charge < -0.3 is 9.67 Å². The molecule has 2 rings (SSSR count). The van der Waals surface area contributed by atoms with Crippen LogP contribution in [0.25, 0.3) is 0 Å². The highest BCUT2D eigenvalue weighted by molar-refractivity contribution is 5.69. The first-order chi connectivity index (χ1) is 8.63. The summed E-state index contributed by atoms with van der Waals surface area (Å²) in [6.45, 7) is 4.85.